The fraction of sp³-hybridized carbons (Fsp3) is 0.227. The summed E-state index contributed by atoms with van der Waals surface area (Å²) in [6.07, 6.45) is 0.395. The number of hydrogen-bond acceptors (Lipinski definition) is 4. The van der Waals surface area contributed by atoms with Gasteiger partial charge in [-0.3, -0.25) is 9.59 Å². The number of Topliss-reactive ketones (excluding diaryl/α,β-unsaturated/α-hetero) is 1. The van der Waals surface area contributed by atoms with Crippen LogP contribution in [-0.2, 0) is 4.79 Å². The fourth-order valence-electron chi connectivity index (χ4n) is 2.87. The summed E-state index contributed by atoms with van der Waals surface area (Å²) in [4.78, 5) is 28.2. The van der Waals surface area contributed by atoms with Crippen LogP contribution >= 0.6 is 11.8 Å². The first kappa shape index (κ1) is 19.1. The lowest BCUT2D eigenvalue weighted by Crippen LogP contribution is -2.12. The van der Waals surface area contributed by atoms with Crippen LogP contribution in [0.4, 0.5) is 5.69 Å². The van der Waals surface area contributed by atoms with Gasteiger partial charge in [-0.05, 0) is 62.2 Å². The van der Waals surface area contributed by atoms with Crippen molar-refractivity contribution in [2.45, 2.75) is 32.2 Å². The highest BCUT2D eigenvalue weighted by Crippen LogP contribution is 2.26. The third kappa shape index (κ3) is 4.74. The van der Waals surface area contributed by atoms with E-state index in [9.17, 15) is 9.59 Å². The molecule has 0 unspecified atom stereocenters. The summed E-state index contributed by atoms with van der Waals surface area (Å²) in [7, 11) is 0. The molecule has 138 valence electrons. The molecule has 0 atom stereocenters. The maximum atomic E-state index is 12.1. The van der Waals surface area contributed by atoms with Crippen molar-refractivity contribution in [3.8, 4) is 0 Å². The molecule has 0 spiro atoms. The summed E-state index contributed by atoms with van der Waals surface area (Å²) in [6, 6.07) is 15.2. The topological polar surface area (TPSA) is 59.1 Å². The maximum absolute atomic E-state index is 12.1. The van der Waals surface area contributed by atoms with Crippen LogP contribution in [0, 0.1) is 13.8 Å². The summed E-state index contributed by atoms with van der Waals surface area (Å²) < 4.78 is 0. The van der Waals surface area contributed by atoms with Gasteiger partial charge < -0.3 is 5.32 Å². The number of fused-ring (bicyclic) bond motifs is 1. The van der Waals surface area contributed by atoms with E-state index in [0.29, 0.717) is 23.4 Å². The van der Waals surface area contributed by atoms with E-state index in [1.807, 2.05) is 6.07 Å². The van der Waals surface area contributed by atoms with E-state index in [2.05, 4.69) is 37.4 Å². The second-order valence-electron chi connectivity index (χ2n) is 6.53. The predicted molar refractivity (Wildman–Crippen MR) is 112 cm³/mol. The summed E-state index contributed by atoms with van der Waals surface area (Å²) >= 11 is 1.59. The molecule has 1 aromatic heterocycles. The number of aryl methyl sites for hydroxylation is 2. The van der Waals surface area contributed by atoms with E-state index in [-0.39, 0.29) is 11.7 Å². The highest BCUT2D eigenvalue weighted by Gasteiger charge is 2.08. The van der Waals surface area contributed by atoms with Crippen molar-refractivity contribution in [1.29, 1.82) is 0 Å². The lowest BCUT2D eigenvalue weighted by atomic mass is 10.1. The van der Waals surface area contributed by atoms with E-state index in [4.69, 9.17) is 4.98 Å². The lowest BCUT2D eigenvalue weighted by molar-refractivity contribution is -0.115. The number of thioether (sulfide) groups is 1. The van der Waals surface area contributed by atoms with Gasteiger partial charge >= 0.3 is 0 Å². The summed E-state index contributed by atoms with van der Waals surface area (Å²) in [5.74, 6) is 0.616. The average Bonchev–Trinajstić information content (AvgIpc) is 2.63. The molecule has 0 radical (unpaired) electrons. The molecule has 1 heterocycles. The van der Waals surface area contributed by atoms with Crippen molar-refractivity contribution in [2.24, 2.45) is 0 Å². The Labute approximate surface area is 163 Å². The van der Waals surface area contributed by atoms with Gasteiger partial charge in [-0.15, -0.1) is 11.8 Å². The average molecular weight is 378 g/mol. The quantitative estimate of drug-likeness (QED) is 0.474. The first-order valence-electron chi connectivity index (χ1n) is 8.84. The molecule has 3 aromatic rings. The van der Waals surface area contributed by atoms with Crippen molar-refractivity contribution < 1.29 is 9.59 Å². The summed E-state index contributed by atoms with van der Waals surface area (Å²) in [6.45, 7) is 5.67. The van der Waals surface area contributed by atoms with E-state index in [1.54, 1.807) is 36.0 Å². The molecule has 1 amide bonds. The monoisotopic (exact) mass is 378 g/mol. The Hall–Kier alpha value is -2.66. The van der Waals surface area contributed by atoms with E-state index < -0.39 is 0 Å². The number of carbonyl (C=O) groups excluding carboxylic acids is 2. The molecule has 0 aliphatic carbocycles. The molecule has 4 nitrogen and oxygen atoms in total. The van der Waals surface area contributed by atoms with Crippen LogP contribution in [0.15, 0.2) is 53.6 Å². The molecular weight excluding hydrogens is 356 g/mol. The molecule has 0 aliphatic rings. The van der Waals surface area contributed by atoms with Crippen LogP contribution in [0.5, 0.6) is 0 Å². The molecular formula is C22H22N2O2S. The van der Waals surface area contributed by atoms with Gasteiger partial charge in [0.15, 0.2) is 5.78 Å². The Balaban J connectivity index is 1.58. The standard InChI is InChI=1S/C22H22N2O2S/c1-14-5-4-6-19-15(2)13-21(24-22(14)19)27-12-11-20(26)23-18-9-7-17(8-10-18)16(3)25/h4-10,13H,11-12H2,1-3H3,(H,23,26). The zero-order valence-corrected chi connectivity index (χ0v) is 16.5. The third-order valence-electron chi connectivity index (χ3n) is 4.38. The Kier molecular flexibility index (Phi) is 5.91. The van der Waals surface area contributed by atoms with Crippen molar-refractivity contribution in [1.82, 2.24) is 4.98 Å². The number of benzene rings is 2. The number of nitrogens with zero attached hydrogens (tertiary/aromatic N) is 1. The van der Waals surface area contributed by atoms with Crippen LogP contribution in [0.2, 0.25) is 0 Å². The first-order chi connectivity index (χ1) is 12.9. The van der Waals surface area contributed by atoms with Crippen LogP contribution in [0.25, 0.3) is 10.9 Å². The highest BCUT2D eigenvalue weighted by molar-refractivity contribution is 7.99. The van der Waals surface area contributed by atoms with Gasteiger partial charge in [0, 0.05) is 28.8 Å². The number of rotatable bonds is 6. The zero-order chi connectivity index (χ0) is 19.4. The van der Waals surface area contributed by atoms with Gasteiger partial charge in [0.05, 0.1) is 10.5 Å². The maximum Gasteiger partial charge on any atom is 0.225 e. The SMILES string of the molecule is CC(=O)c1ccc(NC(=O)CCSc2cc(C)c3cccc(C)c3n2)cc1. The number of pyridine rings is 1. The molecule has 0 saturated heterocycles. The molecule has 0 fully saturated rings. The molecule has 27 heavy (non-hydrogen) atoms. The smallest absolute Gasteiger partial charge is 0.225 e. The molecule has 5 heteroatoms. The first-order valence-corrected chi connectivity index (χ1v) is 9.83. The largest absolute Gasteiger partial charge is 0.326 e. The van der Waals surface area contributed by atoms with Crippen molar-refractivity contribution >= 4 is 40.0 Å². The van der Waals surface area contributed by atoms with E-state index in [1.165, 1.54) is 17.9 Å². The Morgan fingerprint density at radius 2 is 1.78 bits per heavy atom. The number of nitrogens with one attached hydrogen (secondary N) is 1. The van der Waals surface area contributed by atoms with Crippen molar-refractivity contribution in [3.05, 3.63) is 65.2 Å². The minimum Gasteiger partial charge on any atom is -0.326 e. The number of amides is 1. The zero-order valence-electron chi connectivity index (χ0n) is 15.7. The molecule has 0 saturated carbocycles. The van der Waals surface area contributed by atoms with Gasteiger partial charge in [-0.2, -0.15) is 0 Å². The Morgan fingerprint density at radius 1 is 1.04 bits per heavy atom. The Morgan fingerprint density at radius 3 is 2.48 bits per heavy atom. The van der Waals surface area contributed by atoms with Gasteiger partial charge in [0.1, 0.15) is 0 Å². The normalized spacial score (nSPS) is 10.8. The van der Waals surface area contributed by atoms with Gasteiger partial charge in [-0.25, -0.2) is 4.98 Å². The fourth-order valence-corrected chi connectivity index (χ4v) is 3.78. The third-order valence-corrected chi connectivity index (χ3v) is 5.29. The number of aromatic nitrogens is 1. The van der Waals surface area contributed by atoms with E-state index >= 15 is 0 Å². The van der Waals surface area contributed by atoms with Crippen molar-refractivity contribution in [3.63, 3.8) is 0 Å². The molecule has 0 aliphatic heterocycles. The van der Waals surface area contributed by atoms with Gasteiger partial charge in [-0.1, -0.05) is 18.2 Å². The van der Waals surface area contributed by atoms with Gasteiger partial charge in [0.2, 0.25) is 5.91 Å². The number of hydrogen-bond donors (Lipinski definition) is 1. The summed E-state index contributed by atoms with van der Waals surface area (Å²) in [5, 5.41) is 4.97. The number of anilines is 1. The number of para-hydroxylation sites is 1. The van der Waals surface area contributed by atoms with Gasteiger partial charge in [0.25, 0.3) is 0 Å². The minimum absolute atomic E-state index is 0.0118. The number of ketones is 1. The minimum atomic E-state index is -0.0493. The lowest BCUT2D eigenvalue weighted by Gasteiger charge is -2.09. The van der Waals surface area contributed by atoms with Crippen LogP contribution in [0.1, 0.15) is 34.8 Å². The molecule has 0 bridgehead atoms. The molecule has 3 rings (SSSR count). The van der Waals surface area contributed by atoms with Crippen LogP contribution in [-0.4, -0.2) is 22.4 Å². The Bertz CT molecular complexity index is 997. The summed E-state index contributed by atoms with van der Waals surface area (Å²) in [5.41, 5.74) is 4.71. The van der Waals surface area contributed by atoms with Crippen molar-refractivity contribution in [2.75, 3.05) is 11.1 Å². The second kappa shape index (κ2) is 8.35. The highest BCUT2D eigenvalue weighted by atomic mass is 32.2. The van der Waals surface area contributed by atoms with Crippen LogP contribution < -0.4 is 5.32 Å². The molecule has 1 N–H and O–H groups in total. The second-order valence-corrected chi connectivity index (χ2v) is 7.64. The van der Waals surface area contributed by atoms with E-state index in [0.717, 1.165) is 16.1 Å². The predicted octanol–water partition coefficient (Wildman–Crippen LogP) is 5.18. The number of carbonyl (C=O) groups is 2. The van der Waals surface area contributed by atoms with Crippen LogP contribution in [0.3, 0.4) is 0 Å². The molecule has 2 aromatic carbocycles.